The summed E-state index contributed by atoms with van der Waals surface area (Å²) < 4.78 is 5.34. The van der Waals surface area contributed by atoms with Crippen LogP contribution in [0.5, 0.6) is 0 Å². The Bertz CT molecular complexity index is 3520. The summed E-state index contributed by atoms with van der Waals surface area (Å²) in [5.74, 6) is 0. The van der Waals surface area contributed by atoms with Gasteiger partial charge in [0, 0.05) is 62.8 Å². The third-order valence-corrected chi connectivity index (χ3v) is 14.2. The summed E-state index contributed by atoms with van der Waals surface area (Å²) in [7, 11) is 0. The molecule has 2 heterocycles. The maximum atomic E-state index is 2.41. The molecule has 0 bridgehead atoms. The summed E-state index contributed by atoms with van der Waals surface area (Å²) in [5.41, 5.74) is 10.6. The van der Waals surface area contributed by atoms with Gasteiger partial charge < -0.3 is 4.90 Å². The molecule has 0 spiro atoms. The molecule has 0 aliphatic heterocycles. The molecule has 12 rings (SSSR count). The van der Waals surface area contributed by atoms with Gasteiger partial charge in [-0.25, -0.2) is 0 Å². The lowest BCUT2D eigenvalue weighted by Crippen LogP contribution is -2.09. The smallest absolute Gasteiger partial charge is 0.0462 e. The lowest BCUT2D eigenvalue weighted by Gasteiger charge is -2.26. The molecule has 0 radical (unpaired) electrons. The highest BCUT2D eigenvalue weighted by atomic mass is 32.1. The summed E-state index contributed by atoms with van der Waals surface area (Å²) in [4.78, 5) is 2.37. The van der Waals surface area contributed by atoms with Gasteiger partial charge in [-0.2, -0.15) is 0 Å². The molecule has 0 aliphatic carbocycles. The lowest BCUT2D eigenvalue weighted by atomic mass is 9.95. The van der Waals surface area contributed by atoms with E-state index in [-0.39, 0.29) is 0 Å². The Hall–Kier alpha value is -7.04. The van der Waals surface area contributed by atoms with E-state index >= 15 is 0 Å². The van der Waals surface area contributed by atoms with Gasteiger partial charge in [0.25, 0.3) is 0 Å². The molecule has 3 heteroatoms. The summed E-state index contributed by atoms with van der Waals surface area (Å²) in [6.07, 6.45) is 0. The minimum Gasteiger partial charge on any atom is -0.311 e. The highest BCUT2D eigenvalue weighted by molar-refractivity contribution is 7.27. The second-order valence-electron chi connectivity index (χ2n) is 15.3. The maximum absolute atomic E-state index is 2.41. The van der Waals surface area contributed by atoms with Crippen molar-refractivity contribution in [3.05, 3.63) is 212 Å². The molecule has 2 aromatic heterocycles. The third kappa shape index (κ3) is 5.73. The highest BCUT2D eigenvalue weighted by Gasteiger charge is 2.17. The SMILES string of the molecule is c1ccc(-c2ccc(N(c3ccc(-c4ccc5sc6ccc7ccccc7c6c5c4)cc3)c3ccc(-c4cc5c6ccccc6sc5c5ccccc45)cc3)cc2)cc1. The molecule has 0 N–H and O–H groups in total. The van der Waals surface area contributed by atoms with E-state index in [1.54, 1.807) is 0 Å². The molecule has 0 amide bonds. The number of anilines is 3. The van der Waals surface area contributed by atoms with Gasteiger partial charge in [-0.3, -0.25) is 0 Å². The molecule has 59 heavy (non-hydrogen) atoms. The fourth-order valence-electron chi connectivity index (χ4n) is 8.99. The average Bonchev–Trinajstić information content (AvgIpc) is 3.88. The Morgan fingerprint density at radius 3 is 1.54 bits per heavy atom. The molecule has 0 atom stereocenters. The van der Waals surface area contributed by atoms with Crippen LogP contribution in [-0.4, -0.2) is 0 Å². The Kier molecular flexibility index (Phi) is 7.97. The number of nitrogens with zero attached hydrogens (tertiary/aromatic N) is 1. The second-order valence-corrected chi connectivity index (χ2v) is 17.4. The fraction of sp³-hybridized carbons (Fsp3) is 0. The van der Waals surface area contributed by atoms with E-state index in [2.05, 4.69) is 217 Å². The van der Waals surface area contributed by atoms with Gasteiger partial charge in [0.1, 0.15) is 0 Å². The van der Waals surface area contributed by atoms with E-state index in [0.29, 0.717) is 0 Å². The molecule has 1 nitrogen and oxygen atoms in total. The minimum absolute atomic E-state index is 1.11. The number of thiophene rings is 2. The molecule has 0 fully saturated rings. The number of benzene rings is 10. The molecule has 10 aromatic carbocycles. The van der Waals surface area contributed by atoms with Gasteiger partial charge in [0.05, 0.1) is 0 Å². The van der Waals surface area contributed by atoms with Crippen molar-refractivity contribution in [1.82, 2.24) is 0 Å². The number of rotatable bonds is 6. The van der Waals surface area contributed by atoms with Crippen LogP contribution in [-0.2, 0) is 0 Å². The molecule has 0 saturated heterocycles. The van der Waals surface area contributed by atoms with Crippen molar-refractivity contribution in [3.63, 3.8) is 0 Å². The van der Waals surface area contributed by atoms with Gasteiger partial charge >= 0.3 is 0 Å². The summed E-state index contributed by atoms with van der Waals surface area (Å²) in [5, 5.41) is 10.5. The quantitative estimate of drug-likeness (QED) is 0.162. The first-order valence-electron chi connectivity index (χ1n) is 20.1. The van der Waals surface area contributed by atoms with E-state index in [9.17, 15) is 0 Å². The first-order valence-corrected chi connectivity index (χ1v) is 21.7. The highest BCUT2D eigenvalue weighted by Crippen LogP contribution is 2.45. The van der Waals surface area contributed by atoms with Crippen molar-refractivity contribution in [2.45, 2.75) is 0 Å². The molecular weight excluding hydrogens is 751 g/mol. The predicted molar refractivity (Wildman–Crippen MR) is 258 cm³/mol. The minimum atomic E-state index is 1.11. The Balaban J connectivity index is 0.954. The van der Waals surface area contributed by atoms with Gasteiger partial charge in [-0.1, -0.05) is 146 Å². The molecule has 12 aromatic rings. The summed E-state index contributed by atoms with van der Waals surface area (Å²) >= 11 is 3.77. The molecular formula is C56H35NS2. The van der Waals surface area contributed by atoms with Crippen LogP contribution in [0.4, 0.5) is 17.1 Å². The maximum Gasteiger partial charge on any atom is 0.0462 e. The summed E-state index contributed by atoms with van der Waals surface area (Å²) in [6.45, 7) is 0. The summed E-state index contributed by atoms with van der Waals surface area (Å²) in [6, 6.07) is 78.0. The molecule has 0 saturated carbocycles. The van der Waals surface area contributed by atoms with Crippen LogP contribution in [0, 0.1) is 0 Å². The number of fused-ring (bicyclic) bond motifs is 10. The fourth-order valence-corrected chi connectivity index (χ4v) is 11.3. The van der Waals surface area contributed by atoms with Crippen LogP contribution in [0.3, 0.4) is 0 Å². The predicted octanol–water partition coefficient (Wildman–Crippen LogP) is 17.2. The lowest BCUT2D eigenvalue weighted by molar-refractivity contribution is 1.28. The van der Waals surface area contributed by atoms with E-state index in [4.69, 9.17) is 0 Å². The van der Waals surface area contributed by atoms with E-state index in [0.717, 1.165) is 17.1 Å². The van der Waals surface area contributed by atoms with Gasteiger partial charge in [0.2, 0.25) is 0 Å². The zero-order chi connectivity index (χ0) is 38.9. The zero-order valence-electron chi connectivity index (χ0n) is 32.0. The van der Waals surface area contributed by atoms with E-state index < -0.39 is 0 Å². The van der Waals surface area contributed by atoms with Crippen molar-refractivity contribution < 1.29 is 0 Å². The number of hydrogen-bond acceptors (Lipinski definition) is 3. The largest absolute Gasteiger partial charge is 0.311 e. The standard InChI is InChI=1S/C56H35NS2/c1-2-10-36(11-3-1)37-18-26-42(27-19-37)57(43-28-20-38(21-29-43)41-25-32-53-51(34-41)55-45-13-5-4-12-39(45)24-33-54(55)58-53)44-30-22-40(23-31-44)49-35-50-47-15-8-9-17-52(47)59-56(50)48-16-7-6-14-46(48)49/h1-35H. The van der Waals surface area contributed by atoms with Crippen LogP contribution < -0.4 is 4.90 Å². The monoisotopic (exact) mass is 785 g/mol. The van der Waals surface area contributed by atoms with Gasteiger partial charge in [0.15, 0.2) is 0 Å². The first-order chi connectivity index (χ1) is 29.2. The Morgan fingerprint density at radius 2 is 0.814 bits per heavy atom. The van der Waals surface area contributed by atoms with E-state index in [1.807, 2.05) is 22.7 Å². The average molecular weight is 786 g/mol. The van der Waals surface area contributed by atoms with Crippen LogP contribution in [0.1, 0.15) is 0 Å². The number of hydrogen-bond donors (Lipinski definition) is 0. The molecule has 276 valence electrons. The van der Waals surface area contributed by atoms with Gasteiger partial charge in [-0.05, 0) is 116 Å². The second kappa shape index (κ2) is 13.8. The molecule has 0 aliphatic rings. The van der Waals surface area contributed by atoms with Crippen molar-refractivity contribution in [1.29, 1.82) is 0 Å². The Morgan fingerprint density at radius 1 is 0.288 bits per heavy atom. The molecule has 0 unspecified atom stereocenters. The van der Waals surface area contributed by atoms with Crippen molar-refractivity contribution in [2.75, 3.05) is 4.90 Å². The van der Waals surface area contributed by atoms with Crippen LogP contribution >= 0.6 is 22.7 Å². The van der Waals surface area contributed by atoms with Crippen molar-refractivity contribution >= 4 is 102 Å². The van der Waals surface area contributed by atoms with Crippen LogP contribution in [0.15, 0.2) is 212 Å². The van der Waals surface area contributed by atoms with Crippen LogP contribution in [0.25, 0.3) is 95.3 Å². The zero-order valence-corrected chi connectivity index (χ0v) is 33.6. The topological polar surface area (TPSA) is 3.24 Å². The van der Waals surface area contributed by atoms with Crippen LogP contribution in [0.2, 0.25) is 0 Å². The Labute approximate surface area is 350 Å². The van der Waals surface area contributed by atoms with E-state index in [1.165, 1.54) is 95.3 Å². The first kappa shape index (κ1) is 34.0. The van der Waals surface area contributed by atoms with Crippen molar-refractivity contribution in [3.8, 4) is 33.4 Å². The third-order valence-electron chi connectivity index (χ3n) is 11.9. The normalized spacial score (nSPS) is 11.7. The van der Waals surface area contributed by atoms with Gasteiger partial charge in [-0.15, -0.1) is 22.7 Å². The van der Waals surface area contributed by atoms with Crippen molar-refractivity contribution in [2.24, 2.45) is 0 Å².